The average Bonchev–Trinajstić information content (AvgIpc) is 3.13. The summed E-state index contributed by atoms with van der Waals surface area (Å²) in [5.41, 5.74) is 3.93. The number of aryl methyl sites for hydroxylation is 2. The number of hydrogen-bond donors (Lipinski definition) is 0. The summed E-state index contributed by atoms with van der Waals surface area (Å²) in [7, 11) is 0. The monoisotopic (exact) mass is 350 g/mol. The van der Waals surface area contributed by atoms with E-state index in [1.54, 1.807) is 6.08 Å². The maximum atomic E-state index is 12.2. The van der Waals surface area contributed by atoms with E-state index in [1.165, 1.54) is 17.2 Å². The Hall–Kier alpha value is -2.88. The fourth-order valence-corrected chi connectivity index (χ4v) is 3.08. The smallest absolute Gasteiger partial charge is 0.331 e. The molecule has 0 spiro atoms. The van der Waals surface area contributed by atoms with Crippen LogP contribution < -0.4 is 4.74 Å². The summed E-state index contributed by atoms with van der Waals surface area (Å²) in [5, 5.41) is 0. The molecule has 0 unspecified atom stereocenters. The summed E-state index contributed by atoms with van der Waals surface area (Å²) < 4.78 is 10.6. The van der Waals surface area contributed by atoms with Crippen LogP contribution in [0, 0.1) is 0 Å². The van der Waals surface area contributed by atoms with E-state index >= 15 is 0 Å². The molecule has 134 valence electrons. The Balaban J connectivity index is 1.56. The molecule has 3 rings (SSSR count). The number of carbonyl (C=O) groups is 2. The lowest BCUT2D eigenvalue weighted by Crippen LogP contribution is -2.12. The van der Waals surface area contributed by atoms with Crippen molar-refractivity contribution in [3.63, 3.8) is 0 Å². The van der Waals surface area contributed by atoms with Gasteiger partial charge in [0.2, 0.25) is 0 Å². The van der Waals surface area contributed by atoms with Crippen LogP contribution >= 0.6 is 0 Å². The van der Waals surface area contributed by atoms with Gasteiger partial charge in [0.15, 0.2) is 12.4 Å². The Morgan fingerprint density at radius 3 is 2.73 bits per heavy atom. The molecule has 1 aliphatic carbocycles. The molecule has 0 aliphatic heterocycles. The number of rotatable bonds is 7. The van der Waals surface area contributed by atoms with Crippen molar-refractivity contribution in [2.45, 2.75) is 26.2 Å². The van der Waals surface area contributed by atoms with Crippen molar-refractivity contribution in [3.8, 4) is 5.75 Å². The highest BCUT2D eigenvalue weighted by atomic mass is 16.5. The summed E-state index contributed by atoms with van der Waals surface area (Å²) in [4.78, 5) is 24.1. The van der Waals surface area contributed by atoms with Crippen LogP contribution in [-0.2, 0) is 22.4 Å². The van der Waals surface area contributed by atoms with Gasteiger partial charge >= 0.3 is 5.97 Å². The Bertz CT molecular complexity index is 836. The molecule has 26 heavy (non-hydrogen) atoms. The largest absolute Gasteiger partial charge is 0.493 e. The van der Waals surface area contributed by atoms with Gasteiger partial charge in [-0.2, -0.15) is 0 Å². The zero-order chi connectivity index (χ0) is 18.4. The van der Waals surface area contributed by atoms with Gasteiger partial charge in [0.1, 0.15) is 5.75 Å². The number of carbonyl (C=O) groups excluding carboxylic acids is 2. The second-order valence-electron chi connectivity index (χ2n) is 6.17. The van der Waals surface area contributed by atoms with Crippen molar-refractivity contribution in [2.75, 3.05) is 13.2 Å². The maximum absolute atomic E-state index is 12.2. The molecule has 2 aromatic carbocycles. The zero-order valence-corrected chi connectivity index (χ0v) is 14.9. The quantitative estimate of drug-likeness (QED) is 0.430. The van der Waals surface area contributed by atoms with Gasteiger partial charge in [0, 0.05) is 17.2 Å². The highest BCUT2D eigenvalue weighted by molar-refractivity contribution is 5.99. The van der Waals surface area contributed by atoms with Crippen LogP contribution in [0.3, 0.4) is 0 Å². The first-order valence-electron chi connectivity index (χ1n) is 8.89. The molecule has 0 radical (unpaired) electrons. The minimum absolute atomic E-state index is 0.184. The van der Waals surface area contributed by atoms with Gasteiger partial charge < -0.3 is 9.47 Å². The number of ketones is 1. The third-order valence-corrected chi connectivity index (χ3v) is 4.38. The van der Waals surface area contributed by atoms with Crippen LogP contribution in [0.15, 0.2) is 48.5 Å². The molecule has 0 amide bonds. The first kappa shape index (κ1) is 17.9. The predicted molar refractivity (Wildman–Crippen MR) is 100 cm³/mol. The van der Waals surface area contributed by atoms with Crippen molar-refractivity contribution in [1.29, 1.82) is 0 Å². The molecule has 2 aromatic rings. The molecule has 0 bridgehead atoms. The van der Waals surface area contributed by atoms with E-state index in [1.807, 2.05) is 49.4 Å². The first-order chi connectivity index (χ1) is 12.7. The molecule has 0 N–H and O–H groups in total. The van der Waals surface area contributed by atoms with Crippen molar-refractivity contribution in [3.05, 3.63) is 70.8 Å². The first-order valence-corrected chi connectivity index (χ1v) is 8.89. The van der Waals surface area contributed by atoms with E-state index in [0.717, 1.165) is 24.8 Å². The van der Waals surface area contributed by atoms with E-state index in [2.05, 4.69) is 0 Å². The Kier molecular flexibility index (Phi) is 5.84. The van der Waals surface area contributed by atoms with Gasteiger partial charge in [-0.15, -0.1) is 0 Å². The molecule has 1 aliphatic rings. The van der Waals surface area contributed by atoms with Gasteiger partial charge in [-0.1, -0.05) is 30.3 Å². The molecule has 0 fully saturated rings. The van der Waals surface area contributed by atoms with Crippen LogP contribution in [0.5, 0.6) is 5.75 Å². The van der Waals surface area contributed by atoms with E-state index in [9.17, 15) is 9.59 Å². The molecule has 4 nitrogen and oxygen atoms in total. The summed E-state index contributed by atoms with van der Waals surface area (Å²) in [5.74, 6) is -0.0322. The molecule has 0 heterocycles. The van der Waals surface area contributed by atoms with Crippen LogP contribution in [0.1, 0.15) is 40.4 Å². The minimum Gasteiger partial charge on any atom is -0.493 e. The number of hydrogen-bond acceptors (Lipinski definition) is 4. The van der Waals surface area contributed by atoms with E-state index in [4.69, 9.17) is 9.47 Å². The second-order valence-corrected chi connectivity index (χ2v) is 6.17. The Labute approximate surface area is 153 Å². The summed E-state index contributed by atoms with van der Waals surface area (Å²) in [6.07, 6.45) is 6.17. The van der Waals surface area contributed by atoms with Gasteiger partial charge in [-0.05, 0) is 55.5 Å². The summed E-state index contributed by atoms with van der Waals surface area (Å²) in [6.45, 7) is 2.19. The number of fused-ring (bicyclic) bond motifs is 1. The van der Waals surface area contributed by atoms with Crippen molar-refractivity contribution in [1.82, 2.24) is 0 Å². The van der Waals surface area contributed by atoms with Crippen molar-refractivity contribution < 1.29 is 19.1 Å². The normalized spacial score (nSPS) is 12.8. The number of esters is 1. The summed E-state index contributed by atoms with van der Waals surface area (Å²) in [6, 6.07) is 13.2. The van der Waals surface area contributed by atoms with Gasteiger partial charge in [0.05, 0.1) is 6.61 Å². The van der Waals surface area contributed by atoms with Crippen LogP contribution in [0.4, 0.5) is 0 Å². The highest BCUT2D eigenvalue weighted by Gasteiger charge is 2.14. The van der Waals surface area contributed by atoms with Crippen LogP contribution in [0.25, 0.3) is 6.08 Å². The lowest BCUT2D eigenvalue weighted by atomic mass is 10.0. The van der Waals surface area contributed by atoms with Crippen LogP contribution in [-0.4, -0.2) is 25.0 Å². The molecule has 0 atom stereocenters. The fourth-order valence-electron chi connectivity index (χ4n) is 3.08. The second kappa shape index (κ2) is 8.48. The Morgan fingerprint density at radius 2 is 1.88 bits per heavy atom. The molecule has 0 aromatic heterocycles. The van der Waals surface area contributed by atoms with Gasteiger partial charge in [-0.25, -0.2) is 4.79 Å². The lowest BCUT2D eigenvalue weighted by molar-refractivity contribution is -0.136. The van der Waals surface area contributed by atoms with Crippen LogP contribution in [0.2, 0.25) is 0 Å². The number of benzene rings is 2. The van der Waals surface area contributed by atoms with Crippen molar-refractivity contribution >= 4 is 17.8 Å². The molecule has 4 heteroatoms. The number of Topliss-reactive ketones (excluding diaryl/α,β-unsaturated/α-hetero) is 1. The van der Waals surface area contributed by atoms with Crippen molar-refractivity contribution in [2.24, 2.45) is 0 Å². The SMILES string of the molecule is CCOc1ccccc1/C=C/C(=O)OCC(=O)c1ccc2c(c1)CCC2. The third-order valence-electron chi connectivity index (χ3n) is 4.38. The highest BCUT2D eigenvalue weighted by Crippen LogP contribution is 2.23. The fraction of sp³-hybridized carbons (Fsp3) is 0.273. The standard InChI is InChI=1S/C22H22O4/c1-2-25-21-9-4-3-6-17(21)12-13-22(24)26-15-20(23)19-11-10-16-7-5-8-18(16)14-19/h3-4,6,9-14H,2,5,7-8,15H2,1H3/b13-12+. The van der Waals surface area contributed by atoms with Gasteiger partial charge in [0.25, 0.3) is 0 Å². The van der Waals surface area contributed by atoms with E-state index < -0.39 is 5.97 Å². The Morgan fingerprint density at radius 1 is 1.08 bits per heavy atom. The molecule has 0 saturated heterocycles. The minimum atomic E-state index is -0.550. The number of para-hydroxylation sites is 1. The van der Waals surface area contributed by atoms with E-state index in [0.29, 0.717) is 17.9 Å². The average molecular weight is 350 g/mol. The van der Waals surface area contributed by atoms with E-state index in [-0.39, 0.29) is 12.4 Å². The summed E-state index contributed by atoms with van der Waals surface area (Å²) >= 11 is 0. The lowest BCUT2D eigenvalue weighted by Gasteiger charge is -2.06. The topological polar surface area (TPSA) is 52.6 Å². The van der Waals surface area contributed by atoms with Gasteiger partial charge in [-0.3, -0.25) is 4.79 Å². The molecular formula is C22H22O4. The molecular weight excluding hydrogens is 328 g/mol. The zero-order valence-electron chi connectivity index (χ0n) is 14.9. The third kappa shape index (κ3) is 4.39. The predicted octanol–water partition coefficient (Wildman–Crippen LogP) is 4.01. The molecule has 0 saturated carbocycles. The number of ether oxygens (including phenoxy) is 2. The maximum Gasteiger partial charge on any atom is 0.331 e.